The first-order chi connectivity index (χ1) is 32.3. The van der Waals surface area contributed by atoms with Crippen molar-refractivity contribution in [3.8, 4) is 39.1 Å². The van der Waals surface area contributed by atoms with E-state index in [4.69, 9.17) is 0 Å². The standard InChI is InChI=1S/C61H42N2.C2H6/c1-5-23-46(24-6-1)61(47-25-7-2-8-26-47)54-34-16-13-33-52(54)60-55(61)35-20-38-59(60)63-57-37-18-15-32-51(57)53-42-44(39-40-58(53)63)43-21-19-22-45(41-43)50-31-14-17-36-56(50)62(48-27-9-3-10-28-48)49-29-11-4-12-30-49;1-2/h1-42H;1-2H3. The first-order valence-corrected chi connectivity index (χ1v) is 22.8. The average molecular weight is 833 g/mol. The highest BCUT2D eigenvalue weighted by Crippen LogP contribution is 2.58. The fraction of sp³-hybridized carbons (Fsp3) is 0.0476. The van der Waals surface area contributed by atoms with Crippen LogP contribution in [0.3, 0.4) is 0 Å². The third kappa shape index (κ3) is 6.49. The molecule has 65 heavy (non-hydrogen) atoms. The number of hydrogen-bond acceptors (Lipinski definition) is 1. The molecule has 2 nitrogen and oxygen atoms in total. The number of aromatic nitrogens is 1. The second-order valence-corrected chi connectivity index (χ2v) is 16.4. The van der Waals surface area contributed by atoms with Crippen LogP contribution in [0.25, 0.3) is 60.9 Å². The smallest absolute Gasteiger partial charge is 0.0714 e. The quantitative estimate of drug-likeness (QED) is 0.148. The van der Waals surface area contributed by atoms with Gasteiger partial charge in [-0.25, -0.2) is 0 Å². The monoisotopic (exact) mass is 832 g/mol. The van der Waals surface area contributed by atoms with Crippen molar-refractivity contribution in [3.05, 3.63) is 277 Å². The van der Waals surface area contributed by atoms with Gasteiger partial charge >= 0.3 is 0 Å². The van der Waals surface area contributed by atoms with Crippen molar-refractivity contribution in [2.75, 3.05) is 4.90 Å². The van der Waals surface area contributed by atoms with Crippen LogP contribution in [0.5, 0.6) is 0 Å². The third-order valence-electron chi connectivity index (χ3n) is 13.1. The van der Waals surface area contributed by atoms with Crippen LogP contribution in [-0.4, -0.2) is 4.57 Å². The van der Waals surface area contributed by atoms with Gasteiger partial charge in [-0.3, -0.25) is 0 Å². The summed E-state index contributed by atoms with van der Waals surface area (Å²) in [5.74, 6) is 0. The molecule has 0 saturated heterocycles. The Labute approximate surface area is 382 Å². The van der Waals surface area contributed by atoms with Gasteiger partial charge in [0.15, 0.2) is 0 Å². The molecule has 10 aromatic carbocycles. The number of hydrogen-bond donors (Lipinski definition) is 0. The van der Waals surface area contributed by atoms with Gasteiger partial charge in [0.05, 0.1) is 27.8 Å². The molecule has 0 radical (unpaired) electrons. The summed E-state index contributed by atoms with van der Waals surface area (Å²) in [5, 5.41) is 2.47. The van der Waals surface area contributed by atoms with E-state index in [9.17, 15) is 0 Å². The van der Waals surface area contributed by atoms with Crippen molar-refractivity contribution in [1.82, 2.24) is 4.57 Å². The molecule has 0 spiro atoms. The summed E-state index contributed by atoms with van der Waals surface area (Å²) in [7, 11) is 0. The summed E-state index contributed by atoms with van der Waals surface area (Å²) in [5.41, 5.74) is 18.9. The Morgan fingerprint density at radius 2 is 0.862 bits per heavy atom. The van der Waals surface area contributed by atoms with Gasteiger partial charge in [-0.15, -0.1) is 0 Å². The van der Waals surface area contributed by atoms with Gasteiger partial charge < -0.3 is 9.47 Å². The molecule has 12 rings (SSSR count). The molecular weight excluding hydrogens is 785 g/mol. The van der Waals surface area contributed by atoms with E-state index < -0.39 is 5.41 Å². The normalized spacial score (nSPS) is 12.3. The molecule has 1 aliphatic rings. The van der Waals surface area contributed by atoms with Gasteiger partial charge in [-0.1, -0.05) is 208 Å². The first kappa shape index (κ1) is 39.6. The van der Waals surface area contributed by atoms with Gasteiger partial charge in [0.1, 0.15) is 0 Å². The highest BCUT2D eigenvalue weighted by Gasteiger charge is 2.47. The lowest BCUT2D eigenvalue weighted by molar-refractivity contribution is 0.768. The van der Waals surface area contributed by atoms with Gasteiger partial charge in [0.2, 0.25) is 0 Å². The number of fused-ring (bicyclic) bond motifs is 6. The Kier molecular flexibility index (Phi) is 10.3. The van der Waals surface area contributed by atoms with Crippen molar-refractivity contribution < 1.29 is 0 Å². The summed E-state index contributed by atoms with van der Waals surface area (Å²) >= 11 is 0. The SMILES string of the molecule is CC.c1ccc(N(c2ccccc2)c2ccccc2-c2cccc(-c3ccc4c(c3)c3ccccc3n4-c3cccc4c3-c3ccccc3C4(c3ccccc3)c3ccccc3)c2)cc1. The maximum absolute atomic E-state index is 2.50. The zero-order valence-electron chi connectivity index (χ0n) is 36.6. The summed E-state index contributed by atoms with van der Waals surface area (Å²) in [6.07, 6.45) is 0. The van der Waals surface area contributed by atoms with Crippen LogP contribution in [0.1, 0.15) is 36.1 Å². The zero-order chi connectivity index (χ0) is 43.7. The minimum Gasteiger partial charge on any atom is -0.310 e. The number of rotatable bonds is 8. The molecule has 1 aromatic heterocycles. The van der Waals surface area contributed by atoms with Gasteiger partial charge in [-0.2, -0.15) is 0 Å². The molecule has 310 valence electrons. The molecule has 1 aliphatic carbocycles. The summed E-state index contributed by atoms with van der Waals surface area (Å²) in [6.45, 7) is 4.00. The predicted molar refractivity (Wildman–Crippen MR) is 275 cm³/mol. The maximum atomic E-state index is 2.50. The van der Waals surface area contributed by atoms with Crippen molar-refractivity contribution in [2.45, 2.75) is 19.3 Å². The van der Waals surface area contributed by atoms with E-state index in [1.54, 1.807) is 0 Å². The molecular formula is C63H48N2. The van der Waals surface area contributed by atoms with Crippen molar-refractivity contribution in [3.63, 3.8) is 0 Å². The molecule has 0 N–H and O–H groups in total. The molecule has 0 fully saturated rings. The molecule has 1 heterocycles. The van der Waals surface area contributed by atoms with Crippen LogP contribution in [-0.2, 0) is 5.41 Å². The molecule has 0 atom stereocenters. The largest absolute Gasteiger partial charge is 0.310 e. The number of nitrogens with zero attached hydrogens (tertiary/aromatic N) is 2. The Bertz CT molecular complexity index is 3360. The topological polar surface area (TPSA) is 8.17 Å². The second-order valence-electron chi connectivity index (χ2n) is 16.4. The van der Waals surface area contributed by atoms with Crippen LogP contribution in [0, 0.1) is 0 Å². The van der Waals surface area contributed by atoms with Crippen LogP contribution < -0.4 is 4.90 Å². The van der Waals surface area contributed by atoms with E-state index in [0.717, 1.165) is 17.1 Å². The molecule has 0 aliphatic heterocycles. The number of para-hydroxylation sites is 4. The minimum atomic E-state index is -0.473. The molecule has 0 bridgehead atoms. The summed E-state index contributed by atoms with van der Waals surface area (Å²) < 4.78 is 2.50. The fourth-order valence-electron chi connectivity index (χ4n) is 10.4. The predicted octanol–water partition coefficient (Wildman–Crippen LogP) is 17.0. The average Bonchev–Trinajstić information content (AvgIpc) is 3.89. The second kappa shape index (κ2) is 16.8. The molecule has 2 heteroatoms. The van der Waals surface area contributed by atoms with Crippen molar-refractivity contribution >= 4 is 38.9 Å². The van der Waals surface area contributed by atoms with Gasteiger partial charge in [0.25, 0.3) is 0 Å². The van der Waals surface area contributed by atoms with E-state index in [2.05, 4.69) is 264 Å². The Morgan fingerprint density at radius 3 is 1.55 bits per heavy atom. The number of benzene rings is 10. The molecule has 0 amide bonds. The van der Waals surface area contributed by atoms with Crippen LogP contribution in [0.4, 0.5) is 17.1 Å². The van der Waals surface area contributed by atoms with Crippen LogP contribution >= 0.6 is 0 Å². The lowest BCUT2D eigenvalue weighted by Gasteiger charge is -2.34. The van der Waals surface area contributed by atoms with Gasteiger partial charge in [-0.05, 0) is 105 Å². The fourth-order valence-corrected chi connectivity index (χ4v) is 10.4. The summed E-state index contributed by atoms with van der Waals surface area (Å²) in [6, 6.07) is 93.1. The third-order valence-corrected chi connectivity index (χ3v) is 13.1. The van der Waals surface area contributed by atoms with E-state index in [1.807, 2.05) is 13.8 Å². The number of anilines is 3. The van der Waals surface area contributed by atoms with Gasteiger partial charge in [0, 0.05) is 33.3 Å². The Balaban J connectivity index is 0.00000231. The van der Waals surface area contributed by atoms with Crippen LogP contribution in [0.15, 0.2) is 255 Å². The van der Waals surface area contributed by atoms with Crippen molar-refractivity contribution in [2.24, 2.45) is 0 Å². The van der Waals surface area contributed by atoms with Crippen molar-refractivity contribution in [1.29, 1.82) is 0 Å². The first-order valence-electron chi connectivity index (χ1n) is 22.8. The lowest BCUT2D eigenvalue weighted by atomic mass is 9.68. The Morgan fingerprint density at radius 1 is 0.354 bits per heavy atom. The zero-order valence-corrected chi connectivity index (χ0v) is 36.6. The molecule has 11 aromatic rings. The minimum absolute atomic E-state index is 0.473. The highest BCUT2D eigenvalue weighted by molar-refractivity contribution is 6.11. The van der Waals surface area contributed by atoms with E-state index in [1.165, 1.54) is 83.1 Å². The Hall–Kier alpha value is -8.20. The van der Waals surface area contributed by atoms with E-state index >= 15 is 0 Å². The molecule has 0 unspecified atom stereocenters. The summed E-state index contributed by atoms with van der Waals surface area (Å²) in [4.78, 5) is 2.35. The highest BCUT2D eigenvalue weighted by atomic mass is 15.1. The lowest BCUT2D eigenvalue weighted by Crippen LogP contribution is -2.28. The molecule has 0 saturated carbocycles. The maximum Gasteiger partial charge on any atom is 0.0714 e. The van der Waals surface area contributed by atoms with E-state index in [-0.39, 0.29) is 0 Å². The van der Waals surface area contributed by atoms with Crippen LogP contribution in [0.2, 0.25) is 0 Å². The van der Waals surface area contributed by atoms with E-state index in [0.29, 0.717) is 0 Å².